The first-order valence-corrected chi connectivity index (χ1v) is 10.2. The molecule has 0 saturated carbocycles. The van der Waals surface area contributed by atoms with Gasteiger partial charge in [-0.3, -0.25) is 4.79 Å². The Bertz CT molecular complexity index is 903. The molecule has 1 amide bonds. The van der Waals surface area contributed by atoms with Gasteiger partial charge in [0, 0.05) is 23.9 Å². The second kappa shape index (κ2) is 6.19. The first-order valence-electron chi connectivity index (χ1n) is 8.10. The molecule has 0 unspecified atom stereocenters. The third-order valence-corrected chi connectivity index (χ3v) is 4.95. The summed E-state index contributed by atoms with van der Waals surface area (Å²) in [4.78, 5) is 14.8. The van der Waals surface area contributed by atoms with Crippen molar-refractivity contribution in [1.29, 1.82) is 0 Å². The Balaban J connectivity index is 1.90. The molecule has 0 bridgehead atoms. The van der Waals surface area contributed by atoms with Gasteiger partial charge in [0.05, 0.1) is 17.1 Å². The van der Waals surface area contributed by atoms with Gasteiger partial charge in [-0.05, 0) is 43.7 Å². The van der Waals surface area contributed by atoms with E-state index < -0.39 is 9.84 Å². The highest BCUT2D eigenvalue weighted by Crippen LogP contribution is 2.35. The lowest BCUT2D eigenvalue weighted by atomic mass is 9.98. The summed E-state index contributed by atoms with van der Waals surface area (Å²) in [7, 11) is -3.09. The smallest absolute Gasteiger partial charge is 0.258 e. The molecule has 0 radical (unpaired) electrons. The summed E-state index contributed by atoms with van der Waals surface area (Å²) >= 11 is 0. The zero-order valence-electron chi connectivity index (χ0n) is 14.6. The first kappa shape index (κ1) is 17.5. The fourth-order valence-electron chi connectivity index (χ4n) is 3.08. The molecule has 2 aromatic rings. The van der Waals surface area contributed by atoms with Crippen LogP contribution in [0.15, 0.2) is 48.5 Å². The molecular weight excluding hydrogens is 336 g/mol. The first-order chi connectivity index (χ1) is 11.6. The van der Waals surface area contributed by atoms with Gasteiger partial charge < -0.3 is 10.2 Å². The molecule has 25 heavy (non-hydrogen) atoms. The third-order valence-electron chi connectivity index (χ3n) is 4.10. The number of rotatable bonds is 3. The van der Waals surface area contributed by atoms with Crippen LogP contribution in [0.25, 0.3) is 0 Å². The van der Waals surface area contributed by atoms with Crippen LogP contribution in [-0.2, 0) is 15.6 Å². The molecule has 1 heterocycles. The van der Waals surface area contributed by atoms with Gasteiger partial charge in [-0.2, -0.15) is 0 Å². The minimum Gasteiger partial charge on any atom is -0.377 e. The van der Waals surface area contributed by atoms with E-state index in [0.717, 1.165) is 11.4 Å². The molecule has 1 aliphatic heterocycles. The highest BCUT2D eigenvalue weighted by Gasteiger charge is 2.33. The molecule has 132 valence electrons. The van der Waals surface area contributed by atoms with Crippen LogP contribution in [0, 0.1) is 0 Å². The Hall–Kier alpha value is -2.34. The normalized spacial score (nSPS) is 16.0. The number of carbonyl (C=O) groups excluding carboxylic acids is 1. The summed E-state index contributed by atoms with van der Waals surface area (Å²) in [6.07, 6.45) is 1.20. The van der Waals surface area contributed by atoms with Crippen LogP contribution in [0.2, 0.25) is 0 Å². The van der Waals surface area contributed by atoms with Crippen LogP contribution in [-0.4, -0.2) is 32.7 Å². The molecule has 0 atom stereocenters. The summed E-state index contributed by atoms with van der Waals surface area (Å²) in [6, 6.07) is 14.5. The topological polar surface area (TPSA) is 66.5 Å². The van der Waals surface area contributed by atoms with Crippen molar-refractivity contribution >= 4 is 27.1 Å². The Morgan fingerprint density at radius 2 is 1.76 bits per heavy atom. The van der Waals surface area contributed by atoms with E-state index in [2.05, 4.69) is 19.2 Å². The maximum atomic E-state index is 13.0. The van der Waals surface area contributed by atoms with Crippen molar-refractivity contribution in [2.45, 2.75) is 25.1 Å². The standard InChI is InChI=1S/C19H22N2O3S/c1-19(2)13-21(17-7-5-4-6-16(17)20-19)18(22)15-10-8-14(9-11-15)12-25(3,23)24/h4-11,20H,12-13H2,1-3H3. The molecule has 1 aliphatic rings. The van der Waals surface area contributed by atoms with Crippen molar-refractivity contribution in [2.75, 3.05) is 23.0 Å². The largest absolute Gasteiger partial charge is 0.377 e. The molecular formula is C19H22N2O3S. The average Bonchev–Trinajstić information content (AvgIpc) is 2.52. The number of carbonyl (C=O) groups is 1. The van der Waals surface area contributed by atoms with E-state index in [-0.39, 0.29) is 17.2 Å². The molecule has 1 N–H and O–H groups in total. The number of para-hydroxylation sites is 2. The number of benzene rings is 2. The summed E-state index contributed by atoms with van der Waals surface area (Å²) in [5, 5.41) is 3.45. The summed E-state index contributed by atoms with van der Waals surface area (Å²) in [5.74, 6) is -0.113. The second-order valence-corrected chi connectivity index (χ2v) is 9.32. The molecule has 5 nitrogen and oxygen atoms in total. The molecule has 0 aromatic heterocycles. The lowest BCUT2D eigenvalue weighted by molar-refractivity contribution is 0.0981. The number of fused-ring (bicyclic) bond motifs is 1. The van der Waals surface area contributed by atoms with Gasteiger partial charge in [0.2, 0.25) is 0 Å². The van der Waals surface area contributed by atoms with E-state index >= 15 is 0 Å². The minimum absolute atomic E-state index is 0.0228. The molecule has 0 fully saturated rings. The monoisotopic (exact) mass is 358 g/mol. The van der Waals surface area contributed by atoms with E-state index in [1.54, 1.807) is 29.2 Å². The summed E-state index contributed by atoms with van der Waals surface area (Å²) < 4.78 is 22.8. The number of sulfone groups is 1. The molecule has 0 aliphatic carbocycles. The highest BCUT2D eigenvalue weighted by molar-refractivity contribution is 7.89. The third kappa shape index (κ3) is 4.02. The number of amides is 1. The lowest BCUT2D eigenvalue weighted by Crippen LogP contribution is -2.50. The van der Waals surface area contributed by atoms with Gasteiger partial charge in [0.1, 0.15) is 0 Å². The Labute approximate surface area is 148 Å². The number of nitrogens with one attached hydrogen (secondary N) is 1. The Morgan fingerprint density at radius 3 is 2.40 bits per heavy atom. The molecule has 0 spiro atoms. The quantitative estimate of drug-likeness (QED) is 0.916. The maximum absolute atomic E-state index is 13.0. The summed E-state index contributed by atoms with van der Waals surface area (Å²) in [5.41, 5.74) is 2.78. The van der Waals surface area contributed by atoms with Crippen LogP contribution >= 0.6 is 0 Å². The fraction of sp³-hybridized carbons (Fsp3) is 0.316. The lowest BCUT2D eigenvalue weighted by Gasteiger charge is -2.40. The summed E-state index contributed by atoms with van der Waals surface area (Å²) in [6.45, 7) is 4.66. The van der Waals surface area contributed by atoms with E-state index in [1.165, 1.54) is 6.26 Å². The highest BCUT2D eigenvalue weighted by atomic mass is 32.2. The van der Waals surface area contributed by atoms with Crippen molar-refractivity contribution in [3.63, 3.8) is 0 Å². The fourth-order valence-corrected chi connectivity index (χ4v) is 3.88. The van der Waals surface area contributed by atoms with Crippen LogP contribution in [0.1, 0.15) is 29.8 Å². The molecule has 6 heteroatoms. The van der Waals surface area contributed by atoms with Crippen LogP contribution < -0.4 is 10.2 Å². The molecule has 3 rings (SSSR count). The van der Waals surface area contributed by atoms with Crippen LogP contribution in [0.4, 0.5) is 11.4 Å². The van der Waals surface area contributed by atoms with Gasteiger partial charge in [0.25, 0.3) is 5.91 Å². The van der Waals surface area contributed by atoms with Crippen molar-refractivity contribution in [3.05, 3.63) is 59.7 Å². The van der Waals surface area contributed by atoms with Crippen molar-refractivity contribution in [3.8, 4) is 0 Å². The van der Waals surface area contributed by atoms with E-state index in [1.807, 2.05) is 24.3 Å². The number of hydrogen-bond donors (Lipinski definition) is 1. The zero-order chi connectivity index (χ0) is 18.2. The Morgan fingerprint density at radius 1 is 1.12 bits per heavy atom. The van der Waals surface area contributed by atoms with E-state index in [0.29, 0.717) is 17.7 Å². The number of hydrogen-bond acceptors (Lipinski definition) is 4. The molecule has 0 saturated heterocycles. The predicted octanol–water partition coefficient (Wildman–Crippen LogP) is 3.08. The van der Waals surface area contributed by atoms with Gasteiger partial charge in [-0.25, -0.2) is 8.42 Å². The van der Waals surface area contributed by atoms with Gasteiger partial charge >= 0.3 is 0 Å². The van der Waals surface area contributed by atoms with Gasteiger partial charge in [0.15, 0.2) is 9.84 Å². The van der Waals surface area contributed by atoms with Crippen LogP contribution in [0.3, 0.4) is 0 Å². The predicted molar refractivity (Wildman–Crippen MR) is 101 cm³/mol. The average molecular weight is 358 g/mol. The van der Waals surface area contributed by atoms with Gasteiger partial charge in [-0.15, -0.1) is 0 Å². The zero-order valence-corrected chi connectivity index (χ0v) is 15.4. The molecule has 2 aromatic carbocycles. The minimum atomic E-state index is -3.09. The van der Waals surface area contributed by atoms with E-state index in [9.17, 15) is 13.2 Å². The van der Waals surface area contributed by atoms with Crippen molar-refractivity contribution in [2.24, 2.45) is 0 Å². The van der Waals surface area contributed by atoms with E-state index in [4.69, 9.17) is 0 Å². The number of anilines is 2. The Kier molecular flexibility index (Phi) is 4.33. The SMILES string of the molecule is CC1(C)CN(C(=O)c2ccc(CS(C)(=O)=O)cc2)c2ccccc2N1. The van der Waals surface area contributed by atoms with Gasteiger partial charge in [-0.1, -0.05) is 24.3 Å². The maximum Gasteiger partial charge on any atom is 0.258 e. The van der Waals surface area contributed by atoms with Crippen molar-refractivity contribution < 1.29 is 13.2 Å². The van der Waals surface area contributed by atoms with Crippen molar-refractivity contribution in [1.82, 2.24) is 0 Å². The van der Waals surface area contributed by atoms with Crippen LogP contribution in [0.5, 0.6) is 0 Å². The second-order valence-electron chi connectivity index (χ2n) is 7.18. The number of nitrogens with zero attached hydrogens (tertiary/aromatic N) is 1.